The lowest BCUT2D eigenvalue weighted by atomic mass is 10.1. The number of hydrogen-bond acceptors (Lipinski definition) is 1. The monoisotopic (exact) mass is 292 g/mol. The molecule has 1 rings (SSSR count). The molecule has 1 nitrogen and oxygen atoms in total. The Kier molecular flexibility index (Phi) is 4.37. The van der Waals surface area contributed by atoms with E-state index < -0.39 is 25.4 Å². The number of alkyl halides is 6. The zero-order chi connectivity index (χ0) is 14.0. The number of halogens is 7. The molecule has 0 aliphatic carbocycles. The Labute approximate surface area is 103 Å². The van der Waals surface area contributed by atoms with Crippen LogP contribution in [0.15, 0.2) is 18.2 Å². The second-order valence-corrected chi connectivity index (χ2v) is 3.87. The van der Waals surface area contributed by atoms with Crippen molar-refractivity contribution in [1.82, 2.24) is 0 Å². The van der Waals surface area contributed by atoms with E-state index in [0.717, 1.165) is 18.2 Å². The second kappa shape index (κ2) is 5.26. The van der Waals surface area contributed by atoms with E-state index in [9.17, 15) is 26.3 Å². The van der Waals surface area contributed by atoms with Crippen molar-refractivity contribution in [2.45, 2.75) is 18.8 Å². The summed E-state index contributed by atoms with van der Waals surface area (Å²) in [4.78, 5) is 0. The third-order valence-corrected chi connectivity index (χ3v) is 2.09. The summed E-state index contributed by atoms with van der Waals surface area (Å²) in [6.45, 7) is -1.55. The first-order valence-electron chi connectivity index (χ1n) is 4.61. The lowest BCUT2D eigenvalue weighted by Gasteiger charge is -2.12. The molecule has 0 unspecified atom stereocenters. The number of ether oxygens (including phenoxy) is 1. The fourth-order valence-electron chi connectivity index (χ4n) is 1.16. The van der Waals surface area contributed by atoms with Crippen molar-refractivity contribution in [3.8, 4) is 5.75 Å². The molecule has 0 saturated heterocycles. The van der Waals surface area contributed by atoms with Crippen LogP contribution in [-0.4, -0.2) is 19.0 Å². The molecule has 1 aromatic rings. The van der Waals surface area contributed by atoms with Gasteiger partial charge in [-0.15, -0.1) is 0 Å². The van der Waals surface area contributed by atoms with E-state index >= 15 is 0 Å². The van der Waals surface area contributed by atoms with Crippen molar-refractivity contribution >= 4 is 11.6 Å². The molecule has 8 heteroatoms. The molecule has 0 N–H and O–H groups in total. The van der Waals surface area contributed by atoms with Gasteiger partial charge in [-0.25, -0.2) is 0 Å². The Balaban J connectivity index is 2.74. The molecule has 0 saturated carbocycles. The Hall–Kier alpha value is -1.11. The van der Waals surface area contributed by atoms with Gasteiger partial charge < -0.3 is 4.74 Å². The van der Waals surface area contributed by atoms with Gasteiger partial charge in [0.2, 0.25) is 0 Å². The molecule has 0 aliphatic rings. The number of hydrogen-bond donors (Lipinski definition) is 0. The standard InChI is InChI=1S/C10H7ClF6O/c11-7-3-6(4-9(12,13)14)1-2-8(7)18-5-10(15,16)17/h1-3H,4-5H2. The minimum Gasteiger partial charge on any atom is -0.483 e. The Morgan fingerprint density at radius 3 is 2.06 bits per heavy atom. The normalized spacial score (nSPS) is 12.6. The van der Waals surface area contributed by atoms with Crippen LogP contribution in [0.2, 0.25) is 5.02 Å². The van der Waals surface area contributed by atoms with Gasteiger partial charge in [-0.3, -0.25) is 0 Å². The summed E-state index contributed by atoms with van der Waals surface area (Å²) < 4.78 is 76.1. The van der Waals surface area contributed by atoms with E-state index in [4.69, 9.17) is 11.6 Å². The Morgan fingerprint density at radius 2 is 1.61 bits per heavy atom. The summed E-state index contributed by atoms with van der Waals surface area (Å²) in [6.07, 6.45) is -10.1. The Morgan fingerprint density at radius 1 is 1.00 bits per heavy atom. The largest absolute Gasteiger partial charge is 0.483 e. The topological polar surface area (TPSA) is 9.23 Å². The van der Waals surface area contributed by atoms with Crippen LogP contribution in [0.5, 0.6) is 5.75 Å². The highest BCUT2D eigenvalue weighted by atomic mass is 35.5. The lowest BCUT2D eigenvalue weighted by molar-refractivity contribution is -0.153. The van der Waals surface area contributed by atoms with E-state index in [1.54, 1.807) is 0 Å². The minimum absolute atomic E-state index is 0.146. The molecule has 1 aromatic carbocycles. The quantitative estimate of drug-likeness (QED) is 0.751. The molecule has 102 valence electrons. The van der Waals surface area contributed by atoms with Gasteiger partial charge in [-0.1, -0.05) is 17.7 Å². The van der Waals surface area contributed by atoms with Crippen LogP contribution in [0.3, 0.4) is 0 Å². The van der Waals surface area contributed by atoms with Crippen molar-refractivity contribution < 1.29 is 31.1 Å². The molecule has 0 spiro atoms. The van der Waals surface area contributed by atoms with Crippen molar-refractivity contribution in [2.75, 3.05) is 6.61 Å². The van der Waals surface area contributed by atoms with Gasteiger partial charge in [0, 0.05) is 0 Å². The molecule has 0 fully saturated rings. The highest BCUT2D eigenvalue weighted by molar-refractivity contribution is 6.32. The van der Waals surface area contributed by atoms with E-state index in [1.807, 2.05) is 0 Å². The predicted molar refractivity (Wildman–Crippen MR) is 52.8 cm³/mol. The van der Waals surface area contributed by atoms with E-state index in [2.05, 4.69) is 4.74 Å². The summed E-state index contributed by atoms with van der Waals surface area (Å²) in [6, 6.07) is 2.93. The molecule has 0 heterocycles. The smallest absolute Gasteiger partial charge is 0.422 e. The van der Waals surface area contributed by atoms with Gasteiger partial charge in [-0.05, 0) is 17.7 Å². The zero-order valence-electron chi connectivity index (χ0n) is 8.70. The number of rotatable bonds is 3. The average Bonchev–Trinajstić information content (AvgIpc) is 2.12. The van der Waals surface area contributed by atoms with Gasteiger partial charge in [0.1, 0.15) is 5.75 Å². The third-order valence-electron chi connectivity index (χ3n) is 1.79. The molecule has 0 atom stereocenters. The van der Waals surface area contributed by atoms with Crippen molar-refractivity contribution in [3.05, 3.63) is 28.8 Å². The molecule has 0 radical (unpaired) electrons. The summed E-state index contributed by atoms with van der Waals surface area (Å²) >= 11 is 5.53. The van der Waals surface area contributed by atoms with Crippen LogP contribution in [-0.2, 0) is 6.42 Å². The second-order valence-electron chi connectivity index (χ2n) is 3.46. The fourth-order valence-corrected chi connectivity index (χ4v) is 1.42. The molecule has 0 amide bonds. The van der Waals surface area contributed by atoms with Crippen molar-refractivity contribution in [2.24, 2.45) is 0 Å². The highest BCUT2D eigenvalue weighted by Crippen LogP contribution is 2.30. The van der Waals surface area contributed by atoms with Crippen LogP contribution in [0.25, 0.3) is 0 Å². The van der Waals surface area contributed by atoms with Crippen LogP contribution >= 0.6 is 11.6 Å². The molecule has 0 aromatic heterocycles. The first kappa shape index (κ1) is 14.9. The molecular formula is C10H7ClF6O. The molecular weight excluding hydrogens is 286 g/mol. The average molecular weight is 293 g/mol. The van der Waals surface area contributed by atoms with Gasteiger partial charge >= 0.3 is 12.4 Å². The predicted octanol–water partition coefficient (Wildman–Crippen LogP) is 4.39. The molecule has 0 aliphatic heterocycles. The Bertz CT molecular complexity index is 412. The van der Waals surface area contributed by atoms with E-state index in [1.165, 1.54) is 0 Å². The van der Waals surface area contributed by atoms with Gasteiger partial charge in [0.15, 0.2) is 6.61 Å². The first-order chi connectivity index (χ1) is 8.07. The highest BCUT2D eigenvalue weighted by Gasteiger charge is 2.30. The van der Waals surface area contributed by atoms with Crippen molar-refractivity contribution in [1.29, 1.82) is 0 Å². The first-order valence-corrected chi connectivity index (χ1v) is 4.99. The maximum absolute atomic E-state index is 12.1. The van der Waals surface area contributed by atoms with E-state index in [0.29, 0.717) is 0 Å². The summed E-state index contributed by atoms with van der Waals surface area (Å²) in [7, 11) is 0. The fraction of sp³-hybridized carbons (Fsp3) is 0.400. The van der Waals surface area contributed by atoms with Gasteiger partial charge in [0.05, 0.1) is 11.4 Å². The van der Waals surface area contributed by atoms with Gasteiger partial charge in [-0.2, -0.15) is 26.3 Å². The van der Waals surface area contributed by atoms with Crippen LogP contribution in [0, 0.1) is 0 Å². The van der Waals surface area contributed by atoms with Crippen LogP contribution in [0.1, 0.15) is 5.56 Å². The lowest BCUT2D eigenvalue weighted by Crippen LogP contribution is -2.19. The SMILES string of the molecule is FC(F)(F)COc1ccc(CC(F)(F)F)cc1Cl. The third kappa shape index (κ3) is 5.48. The maximum atomic E-state index is 12.1. The number of benzene rings is 1. The summed E-state index contributed by atoms with van der Waals surface area (Å²) in [5, 5.41) is -0.291. The van der Waals surface area contributed by atoms with Gasteiger partial charge in [0.25, 0.3) is 0 Å². The molecule has 0 bridgehead atoms. The van der Waals surface area contributed by atoms with E-state index in [-0.39, 0.29) is 16.3 Å². The van der Waals surface area contributed by atoms with Crippen LogP contribution in [0.4, 0.5) is 26.3 Å². The van der Waals surface area contributed by atoms with Crippen molar-refractivity contribution in [3.63, 3.8) is 0 Å². The zero-order valence-corrected chi connectivity index (χ0v) is 9.46. The maximum Gasteiger partial charge on any atom is 0.422 e. The van der Waals surface area contributed by atoms with Crippen LogP contribution < -0.4 is 4.74 Å². The molecule has 18 heavy (non-hydrogen) atoms. The summed E-state index contributed by atoms with van der Waals surface area (Å²) in [5.41, 5.74) is -0.146. The summed E-state index contributed by atoms with van der Waals surface area (Å²) in [5.74, 6) is -0.306. The minimum atomic E-state index is -4.53.